The number of nitrogen functional groups attached to an aromatic ring is 1. The predicted molar refractivity (Wildman–Crippen MR) is 117 cm³/mol. The average molecular weight is 454 g/mol. The van der Waals surface area contributed by atoms with Crippen molar-refractivity contribution < 1.29 is 17.4 Å². The Balaban J connectivity index is 1.38. The SMILES string of the molecule is Nc1nc2[nH]c(CCOS(=O)(=O)c3ccc(C(=O)Nc4cccnc4)cc3)cc2c(=O)[nH]1. The summed E-state index contributed by atoms with van der Waals surface area (Å²) in [4.78, 5) is 37.2. The lowest BCUT2D eigenvalue weighted by molar-refractivity contribution is 0.102. The Labute approximate surface area is 181 Å². The molecule has 32 heavy (non-hydrogen) atoms. The number of nitrogens with one attached hydrogen (secondary N) is 3. The number of aromatic amines is 2. The molecule has 0 aliphatic rings. The smallest absolute Gasteiger partial charge is 0.296 e. The van der Waals surface area contributed by atoms with Gasteiger partial charge in [0.15, 0.2) is 0 Å². The van der Waals surface area contributed by atoms with Crippen LogP contribution in [0.1, 0.15) is 16.1 Å². The molecular weight excluding hydrogens is 436 g/mol. The number of amides is 1. The second-order valence-electron chi connectivity index (χ2n) is 6.75. The zero-order valence-electron chi connectivity index (χ0n) is 16.5. The lowest BCUT2D eigenvalue weighted by Crippen LogP contribution is -2.13. The molecule has 0 atom stereocenters. The van der Waals surface area contributed by atoms with E-state index in [9.17, 15) is 18.0 Å². The summed E-state index contributed by atoms with van der Waals surface area (Å²) in [6, 6.07) is 10.3. The number of nitrogens with two attached hydrogens (primary N) is 1. The lowest BCUT2D eigenvalue weighted by Gasteiger charge is -2.07. The van der Waals surface area contributed by atoms with Gasteiger partial charge < -0.3 is 16.0 Å². The maximum Gasteiger partial charge on any atom is 0.296 e. The summed E-state index contributed by atoms with van der Waals surface area (Å²) >= 11 is 0. The van der Waals surface area contributed by atoms with E-state index in [2.05, 4.69) is 25.3 Å². The maximum absolute atomic E-state index is 12.4. The van der Waals surface area contributed by atoms with Crippen molar-refractivity contribution in [2.45, 2.75) is 11.3 Å². The van der Waals surface area contributed by atoms with Crippen molar-refractivity contribution in [1.29, 1.82) is 0 Å². The Morgan fingerprint density at radius 2 is 1.94 bits per heavy atom. The molecular formula is C20H18N6O5S. The fourth-order valence-corrected chi connectivity index (χ4v) is 3.88. The van der Waals surface area contributed by atoms with E-state index in [1.165, 1.54) is 30.5 Å². The maximum atomic E-state index is 12.4. The molecule has 0 unspecified atom stereocenters. The van der Waals surface area contributed by atoms with E-state index in [0.29, 0.717) is 22.4 Å². The molecule has 11 nitrogen and oxygen atoms in total. The number of anilines is 2. The number of fused-ring (bicyclic) bond motifs is 1. The van der Waals surface area contributed by atoms with Gasteiger partial charge in [0.1, 0.15) is 5.65 Å². The van der Waals surface area contributed by atoms with Crippen LogP contribution in [0.3, 0.4) is 0 Å². The molecule has 0 fully saturated rings. The number of hydrogen-bond acceptors (Lipinski definition) is 8. The van der Waals surface area contributed by atoms with Gasteiger partial charge in [0.25, 0.3) is 21.6 Å². The summed E-state index contributed by atoms with van der Waals surface area (Å²) in [6.45, 7) is -0.161. The zero-order chi connectivity index (χ0) is 22.7. The van der Waals surface area contributed by atoms with E-state index < -0.39 is 21.6 Å². The number of hydrogen-bond donors (Lipinski definition) is 4. The normalized spacial score (nSPS) is 11.5. The lowest BCUT2D eigenvalue weighted by atomic mass is 10.2. The highest BCUT2D eigenvalue weighted by Crippen LogP contribution is 2.16. The van der Waals surface area contributed by atoms with Crippen LogP contribution in [0.4, 0.5) is 11.6 Å². The minimum absolute atomic E-state index is 0.0210. The quantitative estimate of drug-likeness (QED) is 0.303. The Morgan fingerprint density at radius 3 is 2.66 bits per heavy atom. The van der Waals surface area contributed by atoms with E-state index in [4.69, 9.17) is 9.92 Å². The van der Waals surface area contributed by atoms with Crippen molar-refractivity contribution in [1.82, 2.24) is 19.9 Å². The topological polar surface area (TPSA) is 173 Å². The first-order valence-electron chi connectivity index (χ1n) is 9.40. The van der Waals surface area contributed by atoms with Gasteiger partial charge in [-0.2, -0.15) is 13.4 Å². The molecule has 0 aliphatic heterocycles. The minimum Gasteiger partial charge on any atom is -0.369 e. The van der Waals surface area contributed by atoms with Crippen molar-refractivity contribution in [3.63, 3.8) is 0 Å². The first-order chi connectivity index (χ1) is 15.3. The number of pyridine rings is 1. The zero-order valence-corrected chi connectivity index (χ0v) is 17.3. The van der Waals surface area contributed by atoms with E-state index in [1.54, 1.807) is 24.4 Å². The van der Waals surface area contributed by atoms with Crippen LogP contribution in [0, 0.1) is 0 Å². The van der Waals surface area contributed by atoms with Gasteiger partial charge in [-0.3, -0.25) is 23.7 Å². The third-order valence-electron chi connectivity index (χ3n) is 4.51. The van der Waals surface area contributed by atoms with Crippen LogP contribution in [0.15, 0.2) is 64.5 Å². The highest BCUT2D eigenvalue weighted by atomic mass is 32.2. The van der Waals surface area contributed by atoms with Crippen LogP contribution in [0.25, 0.3) is 11.0 Å². The molecule has 0 aliphatic carbocycles. The highest BCUT2D eigenvalue weighted by molar-refractivity contribution is 7.86. The second kappa shape index (κ2) is 8.61. The Morgan fingerprint density at radius 1 is 1.16 bits per heavy atom. The Bertz CT molecular complexity index is 1430. The van der Waals surface area contributed by atoms with Crippen LogP contribution in [0.2, 0.25) is 0 Å². The third kappa shape index (κ3) is 4.66. The Kier molecular flexibility index (Phi) is 5.71. The van der Waals surface area contributed by atoms with Crippen LogP contribution >= 0.6 is 0 Å². The van der Waals surface area contributed by atoms with Gasteiger partial charge in [-0.05, 0) is 42.5 Å². The molecule has 12 heteroatoms. The predicted octanol–water partition coefficient (Wildman–Crippen LogP) is 1.43. The molecule has 0 radical (unpaired) electrons. The van der Waals surface area contributed by atoms with Crippen molar-refractivity contribution in [3.05, 3.63) is 76.5 Å². The van der Waals surface area contributed by atoms with Gasteiger partial charge in [0.2, 0.25) is 5.95 Å². The van der Waals surface area contributed by atoms with Gasteiger partial charge in [-0.15, -0.1) is 0 Å². The standard InChI is InChI=1S/C20H18N6O5S/c21-20-25-17-16(19(28)26-20)10-13(23-17)7-9-31-32(29,30)15-5-3-12(4-6-15)18(27)24-14-2-1-8-22-11-14/h1-6,8,10-11H,7,9H2,(H,24,27)(H4,21,23,25,26,28). The number of rotatable bonds is 7. The summed E-state index contributed by atoms with van der Waals surface area (Å²) in [5.74, 6) is -0.418. The molecule has 164 valence electrons. The summed E-state index contributed by atoms with van der Waals surface area (Å²) in [5.41, 5.74) is 6.80. The van der Waals surface area contributed by atoms with E-state index in [0.717, 1.165) is 0 Å². The van der Waals surface area contributed by atoms with E-state index in [-0.39, 0.29) is 29.4 Å². The first-order valence-corrected chi connectivity index (χ1v) is 10.8. The van der Waals surface area contributed by atoms with Crippen molar-refractivity contribution >= 4 is 38.7 Å². The van der Waals surface area contributed by atoms with Gasteiger partial charge in [0.05, 0.1) is 28.8 Å². The van der Waals surface area contributed by atoms with Crippen molar-refractivity contribution in [2.75, 3.05) is 17.7 Å². The molecule has 1 aromatic carbocycles. The largest absolute Gasteiger partial charge is 0.369 e. The van der Waals surface area contributed by atoms with E-state index >= 15 is 0 Å². The van der Waals surface area contributed by atoms with Crippen molar-refractivity contribution in [2.24, 2.45) is 0 Å². The van der Waals surface area contributed by atoms with Gasteiger partial charge in [-0.1, -0.05) is 0 Å². The number of carbonyl (C=O) groups excluding carboxylic acids is 1. The molecule has 5 N–H and O–H groups in total. The molecule has 3 heterocycles. The summed E-state index contributed by atoms with van der Waals surface area (Å²) in [6.07, 6.45) is 3.28. The van der Waals surface area contributed by atoms with Crippen molar-refractivity contribution in [3.8, 4) is 0 Å². The highest BCUT2D eigenvalue weighted by Gasteiger charge is 2.17. The Hall–Kier alpha value is -4.03. The molecule has 4 aromatic rings. The molecule has 0 spiro atoms. The number of benzene rings is 1. The number of aromatic nitrogens is 4. The molecule has 0 bridgehead atoms. The van der Waals surface area contributed by atoms with Gasteiger partial charge in [-0.25, -0.2) is 0 Å². The molecule has 3 aromatic heterocycles. The molecule has 0 saturated heterocycles. The average Bonchev–Trinajstić information content (AvgIpc) is 3.17. The van der Waals surface area contributed by atoms with Gasteiger partial charge >= 0.3 is 0 Å². The first kappa shape index (κ1) is 21.2. The van der Waals surface area contributed by atoms with Crippen LogP contribution in [0.5, 0.6) is 0 Å². The third-order valence-corrected chi connectivity index (χ3v) is 5.83. The fourth-order valence-electron chi connectivity index (χ4n) is 2.97. The number of nitrogens with zero attached hydrogens (tertiary/aromatic N) is 2. The number of carbonyl (C=O) groups is 1. The molecule has 0 saturated carbocycles. The monoisotopic (exact) mass is 454 g/mol. The fraction of sp³-hybridized carbons (Fsp3) is 0.100. The number of H-pyrrole nitrogens is 2. The summed E-state index contributed by atoms with van der Waals surface area (Å²) in [7, 11) is -4.04. The van der Waals surface area contributed by atoms with Gasteiger partial charge in [0, 0.05) is 23.9 Å². The van der Waals surface area contributed by atoms with Crippen LogP contribution in [-0.4, -0.2) is 40.9 Å². The summed E-state index contributed by atoms with van der Waals surface area (Å²) < 4.78 is 30.0. The second-order valence-corrected chi connectivity index (χ2v) is 8.37. The molecule has 4 rings (SSSR count). The van der Waals surface area contributed by atoms with Crippen LogP contribution in [-0.2, 0) is 20.7 Å². The van der Waals surface area contributed by atoms with Crippen LogP contribution < -0.4 is 16.6 Å². The minimum atomic E-state index is -4.04. The molecule has 1 amide bonds. The summed E-state index contributed by atoms with van der Waals surface area (Å²) in [5, 5.41) is 2.98. The van der Waals surface area contributed by atoms with E-state index in [1.807, 2.05) is 0 Å².